The molecular formula is C14H12BrNOS. The van der Waals surface area contributed by atoms with Crippen LogP contribution in [0.3, 0.4) is 0 Å². The van der Waals surface area contributed by atoms with Crippen LogP contribution in [0.4, 0.5) is 0 Å². The number of carbonyl (C=O) groups excluding carboxylic acids is 1. The maximum atomic E-state index is 11.0. The van der Waals surface area contributed by atoms with Crippen molar-refractivity contribution in [3.8, 4) is 0 Å². The molecule has 92 valence electrons. The van der Waals surface area contributed by atoms with Gasteiger partial charge in [-0.3, -0.25) is 4.79 Å². The molecule has 0 atom stereocenters. The van der Waals surface area contributed by atoms with Gasteiger partial charge in [0.05, 0.1) is 0 Å². The van der Waals surface area contributed by atoms with Crippen molar-refractivity contribution in [3.05, 3.63) is 51.6 Å². The van der Waals surface area contributed by atoms with Crippen LogP contribution in [0, 0.1) is 13.8 Å². The third-order valence-electron chi connectivity index (χ3n) is 2.39. The van der Waals surface area contributed by atoms with Crippen molar-refractivity contribution in [2.24, 2.45) is 0 Å². The van der Waals surface area contributed by atoms with E-state index in [1.54, 1.807) is 0 Å². The molecule has 0 fully saturated rings. The second-order valence-corrected chi connectivity index (χ2v) is 6.00. The van der Waals surface area contributed by atoms with Crippen molar-refractivity contribution in [1.29, 1.82) is 0 Å². The molecule has 0 saturated carbocycles. The maximum Gasteiger partial charge on any atom is 0.151 e. The zero-order valence-electron chi connectivity index (χ0n) is 10.1. The molecule has 1 heterocycles. The minimum absolute atomic E-state index is 0.676. The normalized spacial score (nSPS) is 10.4. The van der Waals surface area contributed by atoms with Gasteiger partial charge in [-0.15, -0.1) is 0 Å². The number of hydrogen-bond acceptors (Lipinski definition) is 3. The van der Waals surface area contributed by atoms with Crippen molar-refractivity contribution in [2.75, 3.05) is 0 Å². The van der Waals surface area contributed by atoms with Crippen LogP contribution in [0.15, 0.2) is 44.7 Å². The van der Waals surface area contributed by atoms with Crippen molar-refractivity contribution >= 4 is 34.0 Å². The lowest BCUT2D eigenvalue weighted by atomic mass is 10.2. The topological polar surface area (TPSA) is 30.0 Å². The first kappa shape index (κ1) is 13.3. The van der Waals surface area contributed by atoms with Crippen molar-refractivity contribution in [1.82, 2.24) is 4.98 Å². The van der Waals surface area contributed by atoms with Crippen LogP contribution in [0.5, 0.6) is 0 Å². The molecular weight excluding hydrogens is 310 g/mol. The third-order valence-corrected chi connectivity index (χ3v) is 3.89. The Bertz CT molecular complexity index is 578. The minimum Gasteiger partial charge on any atom is -0.298 e. The van der Waals surface area contributed by atoms with Gasteiger partial charge in [-0.05, 0) is 49.7 Å². The van der Waals surface area contributed by atoms with Gasteiger partial charge in [-0.1, -0.05) is 27.7 Å². The summed E-state index contributed by atoms with van der Waals surface area (Å²) in [4.78, 5) is 16.4. The van der Waals surface area contributed by atoms with Gasteiger partial charge in [0.25, 0.3) is 0 Å². The lowest BCUT2D eigenvalue weighted by molar-refractivity contribution is 0.112. The van der Waals surface area contributed by atoms with Gasteiger partial charge in [-0.25, -0.2) is 4.98 Å². The van der Waals surface area contributed by atoms with Gasteiger partial charge in [0.1, 0.15) is 5.03 Å². The van der Waals surface area contributed by atoms with Crippen LogP contribution in [0.25, 0.3) is 0 Å². The Morgan fingerprint density at radius 1 is 1.22 bits per heavy atom. The van der Waals surface area contributed by atoms with Crippen LogP contribution in [0.1, 0.15) is 21.6 Å². The molecule has 1 aromatic carbocycles. The van der Waals surface area contributed by atoms with Gasteiger partial charge in [-0.2, -0.15) is 0 Å². The van der Waals surface area contributed by atoms with E-state index in [1.165, 1.54) is 17.3 Å². The van der Waals surface area contributed by atoms with Crippen LogP contribution >= 0.6 is 27.7 Å². The summed E-state index contributed by atoms with van der Waals surface area (Å²) in [7, 11) is 0. The predicted octanol–water partition coefficient (Wildman–Crippen LogP) is 4.42. The Hall–Kier alpha value is -1.13. The SMILES string of the molecule is Cc1cc(C)nc(Sc2ccc(Br)cc2C=O)c1. The van der Waals surface area contributed by atoms with Gasteiger partial charge in [0.15, 0.2) is 6.29 Å². The summed E-state index contributed by atoms with van der Waals surface area (Å²) in [5.41, 5.74) is 2.84. The number of aromatic nitrogens is 1. The second kappa shape index (κ2) is 5.67. The molecule has 0 aliphatic rings. The number of carbonyl (C=O) groups is 1. The van der Waals surface area contributed by atoms with Crippen molar-refractivity contribution in [2.45, 2.75) is 23.8 Å². The third kappa shape index (κ3) is 3.21. The van der Waals surface area contributed by atoms with Crippen LogP contribution in [-0.2, 0) is 0 Å². The molecule has 0 bridgehead atoms. The second-order valence-electron chi connectivity index (χ2n) is 4.03. The number of halogens is 1. The predicted molar refractivity (Wildman–Crippen MR) is 77.4 cm³/mol. The summed E-state index contributed by atoms with van der Waals surface area (Å²) in [6.45, 7) is 4.01. The first-order chi connectivity index (χ1) is 8.58. The Kier molecular flexibility index (Phi) is 4.19. The molecule has 0 spiro atoms. The average Bonchev–Trinajstić information content (AvgIpc) is 2.30. The Morgan fingerprint density at radius 3 is 2.67 bits per heavy atom. The average molecular weight is 322 g/mol. The Balaban J connectivity index is 2.36. The standard InChI is InChI=1S/C14H12BrNOS/c1-9-5-10(2)16-14(6-9)18-13-4-3-12(15)7-11(13)8-17/h3-8H,1-2H3. The molecule has 0 saturated heterocycles. The molecule has 2 rings (SSSR count). The monoisotopic (exact) mass is 321 g/mol. The van der Waals surface area contributed by atoms with E-state index in [0.29, 0.717) is 5.56 Å². The summed E-state index contributed by atoms with van der Waals surface area (Å²) in [6.07, 6.45) is 0.871. The van der Waals surface area contributed by atoms with E-state index in [9.17, 15) is 4.79 Å². The van der Waals surface area contributed by atoms with Gasteiger partial charge >= 0.3 is 0 Å². The first-order valence-corrected chi connectivity index (χ1v) is 7.07. The molecule has 0 unspecified atom stereocenters. The molecule has 0 radical (unpaired) electrons. The van der Waals surface area contributed by atoms with E-state index in [2.05, 4.69) is 20.9 Å². The Labute approximate surface area is 119 Å². The van der Waals surface area contributed by atoms with Crippen LogP contribution < -0.4 is 0 Å². The fourth-order valence-corrected chi connectivity index (χ4v) is 3.07. The highest BCUT2D eigenvalue weighted by Gasteiger charge is 2.06. The van der Waals surface area contributed by atoms with Gasteiger partial charge in [0, 0.05) is 20.6 Å². The summed E-state index contributed by atoms with van der Waals surface area (Å²) < 4.78 is 0.905. The number of aldehydes is 1. The number of aryl methyl sites for hydroxylation is 2. The molecule has 2 aromatic rings. The van der Waals surface area contributed by atoms with E-state index >= 15 is 0 Å². The molecule has 0 aliphatic carbocycles. The van der Waals surface area contributed by atoms with Crippen molar-refractivity contribution < 1.29 is 4.79 Å². The largest absolute Gasteiger partial charge is 0.298 e. The smallest absolute Gasteiger partial charge is 0.151 e. The zero-order valence-corrected chi connectivity index (χ0v) is 12.5. The molecule has 0 N–H and O–H groups in total. The number of pyridine rings is 1. The van der Waals surface area contributed by atoms with E-state index in [4.69, 9.17) is 0 Å². The molecule has 1 aromatic heterocycles. The van der Waals surface area contributed by atoms with Crippen LogP contribution in [0.2, 0.25) is 0 Å². The maximum absolute atomic E-state index is 11.0. The molecule has 4 heteroatoms. The highest BCUT2D eigenvalue weighted by Crippen LogP contribution is 2.30. The summed E-state index contributed by atoms with van der Waals surface area (Å²) in [5, 5.41) is 0.915. The Morgan fingerprint density at radius 2 is 2.00 bits per heavy atom. The first-order valence-electron chi connectivity index (χ1n) is 5.46. The highest BCUT2D eigenvalue weighted by molar-refractivity contribution is 9.10. The minimum atomic E-state index is 0.676. The fraction of sp³-hybridized carbons (Fsp3) is 0.143. The zero-order chi connectivity index (χ0) is 13.1. The highest BCUT2D eigenvalue weighted by atomic mass is 79.9. The quantitative estimate of drug-likeness (QED) is 0.783. The van der Waals surface area contributed by atoms with Gasteiger partial charge < -0.3 is 0 Å². The van der Waals surface area contributed by atoms with Crippen LogP contribution in [-0.4, -0.2) is 11.3 Å². The molecule has 2 nitrogen and oxygen atoms in total. The molecule has 18 heavy (non-hydrogen) atoms. The van der Waals surface area contributed by atoms with E-state index in [-0.39, 0.29) is 0 Å². The number of rotatable bonds is 3. The lowest BCUT2D eigenvalue weighted by Gasteiger charge is -2.06. The summed E-state index contributed by atoms with van der Waals surface area (Å²) in [5.74, 6) is 0. The summed E-state index contributed by atoms with van der Waals surface area (Å²) in [6, 6.07) is 9.73. The van der Waals surface area contributed by atoms with E-state index in [1.807, 2.05) is 44.2 Å². The van der Waals surface area contributed by atoms with Gasteiger partial charge in [0.2, 0.25) is 0 Å². The number of nitrogens with zero attached hydrogens (tertiary/aromatic N) is 1. The van der Waals surface area contributed by atoms with E-state index in [0.717, 1.165) is 26.4 Å². The van der Waals surface area contributed by atoms with Crippen molar-refractivity contribution in [3.63, 3.8) is 0 Å². The number of benzene rings is 1. The molecule has 0 aliphatic heterocycles. The summed E-state index contributed by atoms with van der Waals surface area (Å²) >= 11 is 4.87. The lowest BCUT2D eigenvalue weighted by Crippen LogP contribution is -1.89. The fourth-order valence-electron chi connectivity index (χ4n) is 1.67. The number of hydrogen-bond donors (Lipinski definition) is 0. The molecule has 0 amide bonds. The van der Waals surface area contributed by atoms with E-state index < -0.39 is 0 Å².